The average Bonchev–Trinajstić information content (AvgIpc) is 3.36. The molecule has 0 amide bonds. The number of piperazine rings is 1. The molecule has 1 aliphatic heterocycles. The van der Waals surface area contributed by atoms with Crippen molar-refractivity contribution in [2.45, 2.75) is 45.6 Å². The summed E-state index contributed by atoms with van der Waals surface area (Å²) in [7, 11) is 1.72. The molecule has 4 rings (SSSR count). The van der Waals surface area contributed by atoms with Gasteiger partial charge >= 0.3 is 0 Å². The Balaban J connectivity index is 1.39. The van der Waals surface area contributed by atoms with Crippen LogP contribution in [-0.4, -0.2) is 55.1 Å². The van der Waals surface area contributed by atoms with Crippen molar-refractivity contribution in [3.8, 4) is 5.75 Å². The molecule has 156 valence electrons. The van der Waals surface area contributed by atoms with E-state index in [9.17, 15) is 4.79 Å². The van der Waals surface area contributed by atoms with E-state index in [1.165, 1.54) is 31.4 Å². The predicted molar refractivity (Wildman–Crippen MR) is 117 cm³/mol. The van der Waals surface area contributed by atoms with Crippen molar-refractivity contribution in [1.82, 2.24) is 9.47 Å². The first-order valence-corrected chi connectivity index (χ1v) is 10.9. The molecule has 0 atom stereocenters. The molecule has 1 aromatic heterocycles. The molecule has 2 aliphatic rings. The molecule has 0 bridgehead atoms. The van der Waals surface area contributed by atoms with Crippen LogP contribution in [0.4, 0.5) is 5.69 Å². The molecular weight excluding hydrogens is 362 g/mol. The number of nitrogens with zero attached hydrogens (tertiary/aromatic N) is 3. The molecule has 0 unspecified atom stereocenters. The number of ketones is 1. The van der Waals surface area contributed by atoms with Crippen LogP contribution in [0.1, 0.15) is 53.5 Å². The third-order valence-electron chi connectivity index (χ3n) is 6.64. The Labute approximate surface area is 174 Å². The van der Waals surface area contributed by atoms with Crippen LogP contribution in [0.2, 0.25) is 0 Å². The van der Waals surface area contributed by atoms with Crippen LogP contribution in [0.15, 0.2) is 30.3 Å². The van der Waals surface area contributed by atoms with Gasteiger partial charge in [0.05, 0.1) is 19.3 Å². The lowest BCUT2D eigenvalue weighted by Gasteiger charge is -2.36. The zero-order valence-corrected chi connectivity index (χ0v) is 18.0. The van der Waals surface area contributed by atoms with E-state index in [-0.39, 0.29) is 5.78 Å². The predicted octanol–water partition coefficient (Wildman–Crippen LogP) is 4.23. The average molecular weight is 396 g/mol. The Morgan fingerprint density at radius 2 is 1.76 bits per heavy atom. The first-order chi connectivity index (χ1) is 14.1. The molecule has 29 heavy (non-hydrogen) atoms. The molecule has 2 fully saturated rings. The van der Waals surface area contributed by atoms with E-state index in [0.717, 1.165) is 48.9 Å². The van der Waals surface area contributed by atoms with E-state index in [0.29, 0.717) is 12.6 Å². The first-order valence-electron chi connectivity index (χ1n) is 10.9. The quantitative estimate of drug-likeness (QED) is 0.686. The number of Topliss-reactive ketones (excluding diaryl/α,β-unsaturated/α-hetero) is 1. The maximum Gasteiger partial charge on any atom is 0.178 e. The van der Waals surface area contributed by atoms with E-state index in [2.05, 4.69) is 40.3 Å². The number of aryl methyl sites for hydroxylation is 1. The van der Waals surface area contributed by atoms with E-state index in [1.807, 2.05) is 18.2 Å². The molecule has 5 heteroatoms. The molecule has 1 saturated heterocycles. The van der Waals surface area contributed by atoms with Crippen LogP contribution in [0, 0.1) is 13.8 Å². The molecule has 0 spiro atoms. The van der Waals surface area contributed by atoms with Gasteiger partial charge in [-0.1, -0.05) is 25.0 Å². The van der Waals surface area contributed by atoms with E-state index >= 15 is 0 Å². The fraction of sp³-hybridized carbons (Fsp3) is 0.542. The van der Waals surface area contributed by atoms with Crippen molar-refractivity contribution >= 4 is 11.5 Å². The zero-order chi connectivity index (χ0) is 20.4. The fourth-order valence-corrected chi connectivity index (χ4v) is 5.11. The standard InChI is InChI=1S/C24H33N3O2/c1-18-16-21(19(2)27(18)20-8-4-5-9-20)23(28)17-25-12-14-26(15-13-25)22-10-6-7-11-24(22)29-3/h6-7,10-11,16,20H,4-5,8-9,12-15,17H2,1-3H3. The molecule has 0 radical (unpaired) electrons. The monoisotopic (exact) mass is 395 g/mol. The number of ether oxygens (including phenoxy) is 1. The fourth-order valence-electron chi connectivity index (χ4n) is 5.11. The highest BCUT2D eigenvalue weighted by molar-refractivity contribution is 5.99. The minimum Gasteiger partial charge on any atom is -0.495 e. The SMILES string of the molecule is COc1ccccc1N1CCN(CC(=O)c2cc(C)n(C3CCCC3)c2C)CC1. The van der Waals surface area contributed by atoms with Crippen molar-refractivity contribution in [2.75, 3.05) is 44.7 Å². The summed E-state index contributed by atoms with van der Waals surface area (Å²) in [6, 6.07) is 10.9. The number of para-hydroxylation sites is 2. The number of aromatic nitrogens is 1. The van der Waals surface area contributed by atoms with Crippen LogP contribution in [0.5, 0.6) is 5.75 Å². The Morgan fingerprint density at radius 1 is 1.07 bits per heavy atom. The minimum atomic E-state index is 0.257. The van der Waals surface area contributed by atoms with Gasteiger partial charge in [-0.3, -0.25) is 9.69 Å². The van der Waals surface area contributed by atoms with Gasteiger partial charge in [-0.05, 0) is 44.9 Å². The summed E-state index contributed by atoms with van der Waals surface area (Å²) in [6.07, 6.45) is 5.10. The normalized spacial score (nSPS) is 18.4. The number of hydrogen-bond acceptors (Lipinski definition) is 4. The van der Waals surface area contributed by atoms with Crippen molar-refractivity contribution in [2.24, 2.45) is 0 Å². The van der Waals surface area contributed by atoms with Crippen LogP contribution in [0.25, 0.3) is 0 Å². The molecule has 1 aliphatic carbocycles. The van der Waals surface area contributed by atoms with Gasteiger partial charge in [0.25, 0.3) is 0 Å². The number of methoxy groups -OCH3 is 1. The number of hydrogen-bond donors (Lipinski definition) is 0. The second-order valence-electron chi connectivity index (χ2n) is 8.45. The molecule has 0 N–H and O–H groups in total. The largest absolute Gasteiger partial charge is 0.495 e. The molecule has 5 nitrogen and oxygen atoms in total. The zero-order valence-electron chi connectivity index (χ0n) is 18.0. The summed E-state index contributed by atoms with van der Waals surface area (Å²) >= 11 is 0. The summed E-state index contributed by atoms with van der Waals surface area (Å²) in [6.45, 7) is 8.39. The first kappa shape index (κ1) is 20.0. The topological polar surface area (TPSA) is 37.7 Å². The maximum absolute atomic E-state index is 13.1. The highest BCUT2D eigenvalue weighted by Crippen LogP contribution is 2.33. The molecule has 1 aromatic carbocycles. The van der Waals surface area contributed by atoms with Gasteiger partial charge in [-0.2, -0.15) is 0 Å². The summed E-state index contributed by atoms with van der Waals surface area (Å²) in [5, 5.41) is 0. The summed E-state index contributed by atoms with van der Waals surface area (Å²) in [5.41, 5.74) is 4.45. The number of benzene rings is 1. The van der Waals surface area contributed by atoms with Gasteiger partial charge in [0, 0.05) is 49.2 Å². The van der Waals surface area contributed by atoms with Gasteiger partial charge in [-0.15, -0.1) is 0 Å². The summed E-state index contributed by atoms with van der Waals surface area (Å²) in [5.74, 6) is 1.17. The second-order valence-corrected chi connectivity index (χ2v) is 8.45. The van der Waals surface area contributed by atoms with Gasteiger partial charge in [0.15, 0.2) is 5.78 Å². The Kier molecular flexibility index (Phi) is 5.95. The lowest BCUT2D eigenvalue weighted by Crippen LogP contribution is -2.48. The van der Waals surface area contributed by atoms with Crippen LogP contribution in [0.3, 0.4) is 0 Å². The third-order valence-corrected chi connectivity index (χ3v) is 6.64. The number of rotatable bonds is 6. The lowest BCUT2D eigenvalue weighted by molar-refractivity contribution is 0.0925. The van der Waals surface area contributed by atoms with Gasteiger partial charge in [0.1, 0.15) is 5.75 Å². The van der Waals surface area contributed by atoms with Gasteiger partial charge in [0.2, 0.25) is 0 Å². The summed E-state index contributed by atoms with van der Waals surface area (Å²) in [4.78, 5) is 17.7. The van der Waals surface area contributed by atoms with Crippen molar-refractivity contribution < 1.29 is 9.53 Å². The van der Waals surface area contributed by atoms with Gasteiger partial charge < -0.3 is 14.2 Å². The molecular formula is C24H33N3O2. The van der Waals surface area contributed by atoms with Crippen LogP contribution in [-0.2, 0) is 0 Å². The van der Waals surface area contributed by atoms with Crippen LogP contribution >= 0.6 is 0 Å². The lowest BCUT2D eigenvalue weighted by atomic mass is 10.1. The molecule has 2 aromatic rings. The molecule has 2 heterocycles. The van der Waals surface area contributed by atoms with Crippen molar-refractivity contribution in [3.63, 3.8) is 0 Å². The number of carbonyl (C=O) groups excluding carboxylic acids is 1. The summed E-state index contributed by atoms with van der Waals surface area (Å²) < 4.78 is 7.92. The third kappa shape index (κ3) is 4.06. The smallest absolute Gasteiger partial charge is 0.178 e. The number of anilines is 1. The number of carbonyl (C=O) groups is 1. The highest BCUT2D eigenvalue weighted by Gasteiger charge is 2.26. The van der Waals surface area contributed by atoms with Crippen molar-refractivity contribution in [1.29, 1.82) is 0 Å². The minimum absolute atomic E-state index is 0.257. The molecule has 1 saturated carbocycles. The highest BCUT2D eigenvalue weighted by atomic mass is 16.5. The van der Waals surface area contributed by atoms with E-state index < -0.39 is 0 Å². The Bertz CT molecular complexity index is 859. The second kappa shape index (κ2) is 8.62. The van der Waals surface area contributed by atoms with Crippen molar-refractivity contribution in [3.05, 3.63) is 47.3 Å². The van der Waals surface area contributed by atoms with Crippen LogP contribution < -0.4 is 9.64 Å². The van der Waals surface area contributed by atoms with E-state index in [1.54, 1.807) is 7.11 Å². The maximum atomic E-state index is 13.1. The van der Waals surface area contributed by atoms with Gasteiger partial charge in [-0.25, -0.2) is 0 Å². The van der Waals surface area contributed by atoms with E-state index in [4.69, 9.17) is 4.74 Å². The Hall–Kier alpha value is -2.27. The Morgan fingerprint density at radius 3 is 2.45 bits per heavy atom.